The fourth-order valence-electron chi connectivity index (χ4n) is 2.07. The van der Waals surface area contributed by atoms with Crippen LogP contribution in [0.2, 0.25) is 0 Å². The van der Waals surface area contributed by atoms with Crippen molar-refractivity contribution in [3.8, 4) is 11.1 Å². The van der Waals surface area contributed by atoms with Crippen molar-refractivity contribution in [2.75, 3.05) is 6.54 Å². The van der Waals surface area contributed by atoms with E-state index in [0.717, 1.165) is 36.2 Å². The molecule has 2 aromatic rings. The van der Waals surface area contributed by atoms with Gasteiger partial charge in [0.2, 0.25) is 0 Å². The highest BCUT2D eigenvalue weighted by Gasteiger charge is 2.08. The number of benzene rings is 1. The summed E-state index contributed by atoms with van der Waals surface area (Å²) in [6.07, 6.45) is 4.55. The maximum absolute atomic E-state index is 14.0. The van der Waals surface area contributed by atoms with Gasteiger partial charge in [-0.2, -0.15) is 0 Å². The van der Waals surface area contributed by atoms with Gasteiger partial charge in [-0.1, -0.05) is 13.0 Å². The molecule has 0 bridgehead atoms. The third-order valence-electron chi connectivity index (χ3n) is 3.10. The van der Waals surface area contributed by atoms with Crippen LogP contribution in [-0.2, 0) is 6.54 Å². The first kappa shape index (κ1) is 13.7. The highest BCUT2D eigenvalue weighted by molar-refractivity contribution is 5.67. The molecule has 1 aromatic carbocycles. The lowest BCUT2D eigenvalue weighted by molar-refractivity contribution is 0.628. The van der Waals surface area contributed by atoms with Gasteiger partial charge in [0.25, 0.3) is 0 Å². The molecular weight excluding hydrogens is 239 g/mol. The van der Waals surface area contributed by atoms with Crippen molar-refractivity contribution < 1.29 is 4.39 Å². The van der Waals surface area contributed by atoms with Crippen LogP contribution < -0.4 is 5.32 Å². The summed E-state index contributed by atoms with van der Waals surface area (Å²) < 4.78 is 14.0. The van der Waals surface area contributed by atoms with Crippen LogP contribution in [0.1, 0.15) is 24.5 Å². The molecule has 0 aliphatic carbocycles. The largest absolute Gasteiger partial charge is 0.313 e. The molecule has 0 spiro atoms. The normalized spacial score (nSPS) is 10.7. The van der Waals surface area contributed by atoms with E-state index in [1.54, 1.807) is 12.4 Å². The Kier molecular flexibility index (Phi) is 4.63. The van der Waals surface area contributed by atoms with E-state index in [1.807, 2.05) is 25.1 Å². The molecule has 2 rings (SSSR count). The van der Waals surface area contributed by atoms with Crippen molar-refractivity contribution in [2.24, 2.45) is 0 Å². The Morgan fingerprint density at radius 2 is 2.05 bits per heavy atom. The average Bonchev–Trinajstić information content (AvgIpc) is 2.42. The van der Waals surface area contributed by atoms with E-state index in [1.165, 1.54) is 6.07 Å². The van der Waals surface area contributed by atoms with Crippen molar-refractivity contribution in [3.63, 3.8) is 0 Å². The second-order valence-corrected chi connectivity index (χ2v) is 4.68. The number of rotatable bonds is 5. The summed E-state index contributed by atoms with van der Waals surface area (Å²) in [6, 6.07) is 7.15. The summed E-state index contributed by atoms with van der Waals surface area (Å²) in [5.41, 5.74) is 3.64. The number of nitrogens with one attached hydrogen (secondary N) is 1. The van der Waals surface area contributed by atoms with Crippen molar-refractivity contribution in [1.29, 1.82) is 0 Å². The van der Waals surface area contributed by atoms with Gasteiger partial charge in [-0.3, -0.25) is 4.98 Å². The Morgan fingerprint density at radius 3 is 2.79 bits per heavy atom. The maximum Gasteiger partial charge on any atom is 0.131 e. The SMILES string of the molecule is CCCNCc1ccc(F)c(-c2ccncc2C)c1. The second-order valence-electron chi connectivity index (χ2n) is 4.68. The van der Waals surface area contributed by atoms with Crippen LogP contribution >= 0.6 is 0 Å². The minimum Gasteiger partial charge on any atom is -0.313 e. The first-order chi connectivity index (χ1) is 9.22. The Balaban J connectivity index is 2.30. The summed E-state index contributed by atoms with van der Waals surface area (Å²) in [5, 5.41) is 3.33. The standard InChI is InChI=1S/C16H19FN2/c1-3-7-18-11-13-4-5-16(17)15(9-13)14-6-8-19-10-12(14)2/h4-6,8-10,18H,3,7,11H2,1-2H3. The third-order valence-corrected chi connectivity index (χ3v) is 3.10. The minimum absolute atomic E-state index is 0.187. The van der Waals surface area contributed by atoms with E-state index in [0.29, 0.717) is 5.56 Å². The molecule has 0 aliphatic heterocycles. The number of hydrogen-bond donors (Lipinski definition) is 1. The van der Waals surface area contributed by atoms with Crippen molar-refractivity contribution in [2.45, 2.75) is 26.8 Å². The zero-order chi connectivity index (χ0) is 13.7. The molecular formula is C16H19FN2. The van der Waals surface area contributed by atoms with E-state index in [2.05, 4.69) is 17.2 Å². The maximum atomic E-state index is 14.0. The Hall–Kier alpha value is -1.74. The van der Waals surface area contributed by atoms with E-state index in [9.17, 15) is 4.39 Å². The topological polar surface area (TPSA) is 24.9 Å². The average molecular weight is 258 g/mol. The van der Waals surface area contributed by atoms with Crippen molar-refractivity contribution >= 4 is 0 Å². The van der Waals surface area contributed by atoms with Crippen LogP contribution in [0.5, 0.6) is 0 Å². The van der Waals surface area contributed by atoms with Crippen LogP contribution in [0.4, 0.5) is 4.39 Å². The molecule has 1 heterocycles. The van der Waals surface area contributed by atoms with Crippen LogP contribution in [-0.4, -0.2) is 11.5 Å². The van der Waals surface area contributed by atoms with Gasteiger partial charge in [0.1, 0.15) is 5.82 Å². The predicted octanol–water partition coefficient (Wildman–Crippen LogP) is 3.70. The van der Waals surface area contributed by atoms with Gasteiger partial charge in [-0.15, -0.1) is 0 Å². The molecule has 1 N–H and O–H groups in total. The zero-order valence-corrected chi connectivity index (χ0v) is 11.4. The number of nitrogens with zero attached hydrogens (tertiary/aromatic N) is 1. The molecule has 0 radical (unpaired) electrons. The molecule has 3 heteroatoms. The number of halogens is 1. The fraction of sp³-hybridized carbons (Fsp3) is 0.312. The lowest BCUT2D eigenvalue weighted by Crippen LogP contribution is -2.13. The number of pyridine rings is 1. The monoisotopic (exact) mass is 258 g/mol. The van der Waals surface area contributed by atoms with Gasteiger partial charge in [0, 0.05) is 24.5 Å². The first-order valence-electron chi connectivity index (χ1n) is 6.62. The molecule has 0 amide bonds. The van der Waals surface area contributed by atoms with Crippen molar-refractivity contribution in [1.82, 2.24) is 10.3 Å². The molecule has 2 nitrogen and oxygen atoms in total. The Bertz CT molecular complexity index is 552. The highest BCUT2D eigenvalue weighted by Crippen LogP contribution is 2.26. The molecule has 0 unspecified atom stereocenters. The van der Waals surface area contributed by atoms with Gasteiger partial charge >= 0.3 is 0 Å². The second kappa shape index (κ2) is 6.43. The summed E-state index contributed by atoms with van der Waals surface area (Å²) in [6.45, 7) is 5.82. The van der Waals surface area contributed by atoms with Crippen LogP contribution in [0.3, 0.4) is 0 Å². The summed E-state index contributed by atoms with van der Waals surface area (Å²) >= 11 is 0. The van der Waals surface area contributed by atoms with Gasteiger partial charge in [0.05, 0.1) is 0 Å². The van der Waals surface area contributed by atoms with Gasteiger partial charge < -0.3 is 5.32 Å². The van der Waals surface area contributed by atoms with Crippen LogP contribution in [0.25, 0.3) is 11.1 Å². The highest BCUT2D eigenvalue weighted by atomic mass is 19.1. The minimum atomic E-state index is -0.187. The van der Waals surface area contributed by atoms with Crippen LogP contribution in [0.15, 0.2) is 36.7 Å². The molecule has 1 aromatic heterocycles. The molecule has 19 heavy (non-hydrogen) atoms. The van der Waals surface area contributed by atoms with E-state index >= 15 is 0 Å². The lowest BCUT2D eigenvalue weighted by Gasteiger charge is -2.10. The van der Waals surface area contributed by atoms with Crippen molar-refractivity contribution in [3.05, 3.63) is 53.6 Å². The lowest BCUT2D eigenvalue weighted by atomic mass is 10.00. The molecule has 0 aliphatic rings. The van der Waals surface area contributed by atoms with Gasteiger partial charge in [-0.05, 0) is 54.8 Å². The fourth-order valence-corrected chi connectivity index (χ4v) is 2.07. The summed E-state index contributed by atoms with van der Waals surface area (Å²) in [7, 11) is 0. The molecule has 0 atom stereocenters. The molecule has 0 saturated heterocycles. The summed E-state index contributed by atoms with van der Waals surface area (Å²) in [5.74, 6) is -0.187. The van der Waals surface area contributed by atoms with E-state index in [-0.39, 0.29) is 5.82 Å². The molecule has 100 valence electrons. The smallest absolute Gasteiger partial charge is 0.131 e. The summed E-state index contributed by atoms with van der Waals surface area (Å²) in [4.78, 5) is 4.05. The predicted molar refractivity (Wildman–Crippen MR) is 76.4 cm³/mol. The van der Waals surface area contributed by atoms with Gasteiger partial charge in [0.15, 0.2) is 0 Å². The molecule has 0 saturated carbocycles. The molecule has 0 fully saturated rings. The third kappa shape index (κ3) is 3.38. The Labute approximate surface area is 113 Å². The first-order valence-corrected chi connectivity index (χ1v) is 6.62. The van der Waals surface area contributed by atoms with Crippen LogP contribution in [0, 0.1) is 12.7 Å². The zero-order valence-electron chi connectivity index (χ0n) is 11.4. The number of hydrogen-bond acceptors (Lipinski definition) is 2. The number of aromatic nitrogens is 1. The van der Waals surface area contributed by atoms with E-state index < -0.39 is 0 Å². The van der Waals surface area contributed by atoms with Gasteiger partial charge in [-0.25, -0.2) is 4.39 Å². The van der Waals surface area contributed by atoms with E-state index in [4.69, 9.17) is 0 Å². The number of aryl methyl sites for hydroxylation is 1. The quantitative estimate of drug-likeness (QED) is 0.827. The Morgan fingerprint density at radius 1 is 1.21 bits per heavy atom.